The molecule has 0 heterocycles. The molecule has 0 aliphatic heterocycles. The van der Waals surface area contributed by atoms with Gasteiger partial charge in [-0.15, -0.1) is 0 Å². The molecule has 4 nitrogen and oxygen atoms in total. The van der Waals surface area contributed by atoms with Gasteiger partial charge in [0.15, 0.2) is 9.84 Å². The van der Waals surface area contributed by atoms with Crippen LogP contribution in [-0.2, 0) is 15.6 Å². The van der Waals surface area contributed by atoms with E-state index in [9.17, 15) is 13.2 Å². The molecule has 0 spiro atoms. The highest BCUT2D eigenvalue weighted by Gasteiger charge is 2.16. The number of nitrogens with zero attached hydrogens (tertiary/aromatic N) is 1. The Morgan fingerprint density at radius 1 is 1.09 bits per heavy atom. The van der Waals surface area contributed by atoms with Crippen molar-refractivity contribution in [3.63, 3.8) is 0 Å². The smallest absolute Gasteiger partial charge is 0.253 e. The molecule has 1 amide bonds. The van der Waals surface area contributed by atoms with Gasteiger partial charge in [0.05, 0.1) is 10.6 Å². The Morgan fingerprint density at radius 2 is 1.73 bits per heavy atom. The molecule has 6 heteroatoms. The molecule has 116 valence electrons. The summed E-state index contributed by atoms with van der Waals surface area (Å²) in [4.78, 5) is 13.6. The molecule has 2 rings (SSSR count). The molecule has 2 aromatic rings. The normalized spacial score (nSPS) is 11.2. The minimum Gasteiger partial charge on any atom is -0.345 e. The fourth-order valence-electron chi connectivity index (χ4n) is 2.00. The Labute approximate surface area is 135 Å². The predicted molar refractivity (Wildman–Crippen MR) is 86.8 cm³/mol. The molecule has 0 radical (unpaired) electrons. The summed E-state index contributed by atoms with van der Waals surface area (Å²) in [5.41, 5.74) is 1.04. The number of amides is 1. The third-order valence-electron chi connectivity index (χ3n) is 3.11. The lowest BCUT2D eigenvalue weighted by Crippen LogP contribution is -2.21. The van der Waals surface area contributed by atoms with E-state index in [1.807, 2.05) is 0 Å². The average Bonchev–Trinajstić information content (AvgIpc) is 2.46. The quantitative estimate of drug-likeness (QED) is 0.861. The van der Waals surface area contributed by atoms with Gasteiger partial charge in [-0.1, -0.05) is 23.7 Å². The van der Waals surface area contributed by atoms with Crippen molar-refractivity contribution in [2.24, 2.45) is 0 Å². The first kappa shape index (κ1) is 16.5. The van der Waals surface area contributed by atoms with Gasteiger partial charge in [-0.2, -0.15) is 0 Å². The van der Waals surface area contributed by atoms with Gasteiger partial charge in [-0.25, -0.2) is 8.42 Å². The second-order valence-electron chi connectivity index (χ2n) is 5.11. The number of hydrogen-bond donors (Lipinski definition) is 0. The largest absolute Gasteiger partial charge is 0.345 e. The van der Waals surface area contributed by atoms with E-state index >= 15 is 0 Å². The third kappa shape index (κ3) is 3.87. The lowest BCUT2D eigenvalue weighted by Gasteiger charge is -2.11. The van der Waals surface area contributed by atoms with Crippen LogP contribution in [0.2, 0.25) is 5.02 Å². The zero-order chi connectivity index (χ0) is 16.3. The van der Waals surface area contributed by atoms with Gasteiger partial charge in [0.1, 0.15) is 0 Å². The van der Waals surface area contributed by atoms with Crippen LogP contribution in [0.5, 0.6) is 0 Å². The van der Waals surface area contributed by atoms with Crippen molar-refractivity contribution in [1.82, 2.24) is 4.90 Å². The number of halogens is 1. The van der Waals surface area contributed by atoms with Crippen molar-refractivity contribution in [2.75, 3.05) is 14.1 Å². The van der Waals surface area contributed by atoms with Crippen molar-refractivity contribution in [3.05, 3.63) is 64.7 Å². The highest BCUT2D eigenvalue weighted by Crippen LogP contribution is 2.19. The van der Waals surface area contributed by atoms with Gasteiger partial charge in [0, 0.05) is 24.7 Å². The van der Waals surface area contributed by atoms with Crippen LogP contribution in [0.4, 0.5) is 0 Å². The second kappa shape index (κ2) is 6.50. The van der Waals surface area contributed by atoms with Crippen LogP contribution in [0.15, 0.2) is 53.4 Å². The lowest BCUT2D eigenvalue weighted by molar-refractivity contribution is 0.0827. The summed E-state index contributed by atoms with van der Waals surface area (Å²) in [6.07, 6.45) is 0. The van der Waals surface area contributed by atoms with Crippen LogP contribution >= 0.6 is 11.6 Å². The number of benzene rings is 2. The molecule has 0 aliphatic rings. The molecule has 0 unspecified atom stereocenters. The maximum atomic E-state index is 12.4. The highest BCUT2D eigenvalue weighted by molar-refractivity contribution is 7.90. The van der Waals surface area contributed by atoms with Crippen LogP contribution < -0.4 is 0 Å². The molecule has 0 bridgehead atoms. The van der Waals surface area contributed by atoms with Crippen LogP contribution in [0, 0.1) is 0 Å². The van der Waals surface area contributed by atoms with E-state index < -0.39 is 9.84 Å². The summed E-state index contributed by atoms with van der Waals surface area (Å²) in [6.45, 7) is 0. The maximum absolute atomic E-state index is 12.4. The van der Waals surface area contributed by atoms with Crippen molar-refractivity contribution in [2.45, 2.75) is 10.6 Å². The monoisotopic (exact) mass is 337 g/mol. The van der Waals surface area contributed by atoms with E-state index in [0.717, 1.165) is 0 Å². The molecule has 0 N–H and O–H groups in total. The Bertz CT molecular complexity index is 783. The highest BCUT2D eigenvalue weighted by atomic mass is 35.5. The summed E-state index contributed by atoms with van der Waals surface area (Å²) in [5.74, 6) is -0.325. The second-order valence-corrected chi connectivity index (χ2v) is 7.54. The first-order chi connectivity index (χ1) is 10.3. The Balaban J connectivity index is 2.28. The standard InChI is InChI=1S/C16H16ClNO3S/c1-18(2)16(19)13-5-3-4-12(10-13)11-22(20,21)15-8-6-14(17)7-9-15/h3-10H,11H2,1-2H3. The molecular weight excluding hydrogens is 322 g/mol. The minimum atomic E-state index is -3.48. The van der Waals surface area contributed by atoms with E-state index in [1.165, 1.54) is 17.0 Å². The van der Waals surface area contributed by atoms with Gasteiger partial charge < -0.3 is 4.90 Å². The Morgan fingerprint density at radius 3 is 2.32 bits per heavy atom. The van der Waals surface area contributed by atoms with E-state index in [4.69, 9.17) is 11.6 Å². The topological polar surface area (TPSA) is 54.5 Å². The molecular formula is C16H16ClNO3S. The molecule has 0 atom stereocenters. The molecule has 0 aliphatic carbocycles. The van der Waals surface area contributed by atoms with Gasteiger partial charge in [0.2, 0.25) is 0 Å². The molecule has 0 saturated heterocycles. The zero-order valence-electron chi connectivity index (χ0n) is 12.3. The first-order valence-electron chi connectivity index (χ1n) is 6.58. The van der Waals surface area contributed by atoms with Crippen LogP contribution in [-0.4, -0.2) is 33.3 Å². The van der Waals surface area contributed by atoms with Crippen molar-refractivity contribution in [1.29, 1.82) is 0 Å². The van der Waals surface area contributed by atoms with Gasteiger partial charge in [0.25, 0.3) is 5.91 Å². The number of carbonyl (C=O) groups is 1. The predicted octanol–water partition coefficient (Wildman–Crippen LogP) is 3.02. The number of rotatable bonds is 4. The number of carbonyl (C=O) groups excluding carboxylic acids is 1. The summed E-state index contributed by atoms with van der Waals surface area (Å²) < 4.78 is 24.8. The third-order valence-corrected chi connectivity index (χ3v) is 5.07. The van der Waals surface area contributed by atoms with Crippen LogP contribution in [0.3, 0.4) is 0 Å². The number of hydrogen-bond acceptors (Lipinski definition) is 3. The van der Waals surface area contributed by atoms with Crippen LogP contribution in [0.1, 0.15) is 15.9 Å². The van der Waals surface area contributed by atoms with E-state index in [1.54, 1.807) is 50.5 Å². The van der Waals surface area contributed by atoms with Gasteiger partial charge >= 0.3 is 0 Å². The SMILES string of the molecule is CN(C)C(=O)c1cccc(CS(=O)(=O)c2ccc(Cl)cc2)c1. The van der Waals surface area contributed by atoms with Gasteiger partial charge in [-0.05, 0) is 42.0 Å². The summed E-state index contributed by atoms with van der Waals surface area (Å²) in [7, 11) is -0.172. The van der Waals surface area contributed by atoms with Crippen molar-refractivity contribution >= 4 is 27.3 Å². The first-order valence-corrected chi connectivity index (χ1v) is 8.61. The van der Waals surface area contributed by atoms with Crippen LogP contribution in [0.25, 0.3) is 0 Å². The minimum absolute atomic E-state index is 0.161. The molecule has 0 fully saturated rings. The molecule has 0 aromatic heterocycles. The average molecular weight is 338 g/mol. The maximum Gasteiger partial charge on any atom is 0.253 e. The Hall–Kier alpha value is -1.85. The van der Waals surface area contributed by atoms with E-state index in [-0.39, 0.29) is 16.6 Å². The van der Waals surface area contributed by atoms with E-state index in [2.05, 4.69) is 0 Å². The number of sulfone groups is 1. The molecule has 0 saturated carbocycles. The fraction of sp³-hybridized carbons (Fsp3) is 0.188. The van der Waals surface area contributed by atoms with E-state index in [0.29, 0.717) is 16.1 Å². The molecule has 22 heavy (non-hydrogen) atoms. The molecule has 2 aromatic carbocycles. The summed E-state index contributed by atoms with van der Waals surface area (Å²) in [6, 6.07) is 12.7. The zero-order valence-corrected chi connectivity index (χ0v) is 13.9. The fourth-order valence-corrected chi connectivity index (χ4v) is 3.46. The van der Waals surface area contributed by atoms with Crippen molar-refractivity contribution < 1.29 is 13.2 Å². The summed E-state index contributed by atoms with van der Waals surface area (Å²) >= 11 is 5.77. The van der Waals surface area contributed by atoms with Gasteiger partial charge in [-0.3, -0.25) is 4.79 Å². The summed E-state index contributed by atoms with van der Waals surface area (Å²) in [5, 5.41) is 0.484. The van der Waals surface area contributed by atoms with Crippen molar-refractivity contribution in [3.8, 4) is 0 Å². The lowest BCUT2D eigenvalue weighted by atomic mass is 10.1. The Kier molecular flexibility index (Phi) is 4.88.